The summed E-state index contributed by atoms with van der Waals surface area (Å²) < 4.78 is 7.47. The maximum Gasteiger partial charge on any atom is 0.273 e. The van der Waals surface area contributed by atoms with Crippen molar-refractivity contribution in [3.8, 4) is 22.8 Å². The van der Waals surface area contributed by atoms with E-state index in [1.807, 2.05) is 47.9 Å². The first-order valence-electron chi connectivity index (χ1n) is 9.61. The number of benzene rings is 2. The largest absolute Gasteiger partial charge is 0.494 e. The molecule has 0 amide bonds. The van der Waals surface area contributed by atoms with Gasteiger partial charge in [-0.2, -0.15) is 0 Å². The van der Waals surface area contributed by atoms with Gasteiger partial charge in [0.05, 0.1) is 11.5 Å². The van der Waals surface area contributed by atoms with Crippen LogP contribution in [-0.4, -0.2) is 31.3 Å². The van der Waals surface area contributed by atoms with Crippen molar-refractivity contribution in [2.45, 2.75) is 17.8 Å². The smallest absolute Gasteiger partial charge is 0.273 e. The summed E-state index contributed by atoms with van der Waals surface area (Å²) in [5.74, 6) is 1.80. The van der Waals surface area contributed by atoms with E-state index in [0.29, 0.717) is 28.9 Å². The van der Waals surface area contributed by atoms with Gasteiger partial charge in [0, 0.05) is 41.0 Å². The summed E-state index contributed by atoms with van der Waals surface area (Å²) in [5, 5.41) is 20.7. The molecule has 2 heterocycles. The molecule has 0 N–H and O–H groups in total. The Balaban J connectivity index is 1.71. The average Bonchev–Trinajstić information content (AvgIpc) is 3.23. The summed E-state index contributed by atoms with van der Waals surface area (Å²) >= 11 is 1.39. The topological polar surface area (TPSA) is 96.0 Å². The van der Waals surface area contributed by atoms with Gasteiger partial charge in [-0.05, 0) is 43.3 Å². The Hall–Kier alpha value is -3.72. The standard InChI is InChI=1S/C22H19N5O3S/c1-2-30-19-11-9-18(10-12-19)26-21(16-7-5-13-23-14-16)24-25-22(26)31-15-17-6-3-4-8-20(17)27(28)29/h3-14H,2,15H2,1H3. The van der Waals surface area contributed by atoms with Crippen molar-refractivity contribution in [1.82, 2.24) is 19.7 Å². The van der Waals surface area contributed by atoms with Gasteiger partial charge in [-0.25, -0.2) is 0 Å². The number of rotatable bonds is 8. The number of nitro groups is 1. The third-order valence-corrected chi connectivity index (χ3v) is 5.48. The minimum Gasteiger partial charge on any atom is -0.494 e. The highest BCUT2D eigenvalue weighted by Gasteiger charge is 2.19. The van der Waals surface area contributed by atoms with Gasteiger partial charge in [-0.3, -0.25) is 19.7 Å². The molecule has 8 nitrogen and oxygen atoms in total. The number of hydrogen-bond acceptors (Lipinski definition) is 7. The van der Waals surface area contributed by atoms with E-state index in [4.69, 9.17) is 4.74 Å². The van der Waals surface area contributed by atoms with Crippen LogP contribution in [0.1, 0.15) is 12.5 Å². The van der Waals surface area contributed by atoms with Crippen molar-refractivity contribution < 1.29 is 9.66 Å². The first-order valence-corrected chi connectivity index (χ1v) is 10.6. The van der Waals surface area contributed by atoms with Crippen LogP contribution in [0.2, 0.25) is 0 Å². The van der Waals surface area contributed by atoms with E-state index in [9.17, 15) is 10.1 Å². The Bertz CT molecular complexity index is 1180. The second-order valence-electron chi connectivity index (χ2n) is 6.48. The highest BCUT2D eigenvalue weighted by Crippen LogP contribution is 2.32. The molecule has 2 aromatic heterocycles. The molecule has 0 saturated heterocycles. The van der Waals surface area contributed by atoms with E-state index in [1.165, 1.54) is 17.8 Å². The third kappa shape index (κ3) is 4.56. The summed E-state index contributed by atoms with van der Waals surface area (Å²) in [7, 11) is 0. The number of nitrogens with zero attached hydrogens (tertiary/aromatic N) is 5. The summed E-state index contributed by atoms with van der Waals surface area (Å²) in [5.41, 5.74) is 2.40. The number of aromatic nitrogens is 4. The van der Waals surface area contributed by atoms with Crippen LogP contribution >= 0.6 is 11.8 Å². The maximum atomic E-state index is 11.3. The Morgan fingerprint density at radius 2 is 1.87 bits per heavy atom. The molecule has 0 atom stereocenters. The van der Waals surface area contributed by atoms with Gasteiger partial charge >= 0.3 is 0 Å². The van der Waals surface area contributed by atoms with E-state index >= 15 is 0 Å². The fourth-order valence-electron chi connectivity index (χ4n) is 3.09. The van der Waals surface area contributed by atoms with Crippen LogP contribution < -0.4 is 4.74 Å². The number of para-hydroxylation sites is 1. The lowest BCUT2D eigenvalue weighted by Crippen LogP contribution is -2.01. The molecule has 0 aliphatic rings. The molecule has 0 spiro atoms. The minimum atomic E-state index is -0.367. The predicted octanol–water partition coefficient (Wildman–Crippen LogP) is 4.93. The number of ether oxygens (including phenoxy) is 1. The summed E-state index contributed by atoms with van der Waals surface area (Å²) in [6, 6.07) is 18.1. The first kappa shape index (κ1) is 20.5. The van der Waals surface area contributed by atoms with Gasteiger partial charge in [-0.1, -0.05) is 30.0 Å². The van der Waals surface area contributed by atoms with Gasteiger partial charge in [0.25, 0.3) is 5.69 Å². The van der Waals surface area contributed by atoms with Crippen LogP contribution in [0.4, 0.5) is 5.69 Å². The molecule has 9 heteroatoms. The van der Waals surface area contributed by atoms with Crippen LogP contribution in [0.5, 0.6) is 5.75 Å². The number of hydrogen-bond donors (Lipinski definition) is 0. The van der Waals surface area contributed by atoms with E-state index in [-0.39, 0.29) is 10.6 Å². The lowest BCUT2D eigenvalue weighted by atomic mass is 10.2. The second kappa shape index (κ2) is 9.40. The Labute approximate surface area is 183 Å². The molecule has 2 aromatic carbocycles. The van der Waals surface area contributed by atoms with Crippen molar-refractivity contribution in [2.75, 3.05) is 6.61 Å². The van der Waals surface area contributed by atoms with Crippen molar-refractivity contribution in [1.29, 1.82) is 0 Å². The number of thioether (sulfide) groups is 1. The van der Waals surface area contributed by atoms with E-state index in [2.05, 4.69) is 15.2 Å². The molecular formula is C22H19N5O3S. The molecule has 0 saturated carbocycles. The molecule has 0 aliphatic heterocycles. The Morgan fingerprint density at radius 3 is 2.58 bits per heavy atom. The molecule has 0 unspecified atom stereocenters. The molecule has 31 heavy (non-hydrogen) atoms. The quantitative estimate of drug-likeness (QED) is 0.221. The van der Waals surface area contributed by atoms with Gasteiger partial charge < -0.3 is 4.74 Å². The van der Waals surface area contributed by atoms with Crippen LogP contribution in [0.15, 0.2) is 78.2 Å². The Kier molecular flexibility index (Phi) is 6.23. The molecule has 0 aliphatic carbocycles. The Morgan fingerprint density at radius 1 is 1.06 bits per heavy atom. The second-order valence-corrected chi connectivity index (χ2v) is 7.43. The van der Waals surface area contributed by atoms with Crippen molar-refractivity contribution in [2.24, 2.45) is 0 Å². The molecule has 0 bridgehead atoms. The molecule has 4 rings (SSSR count). The SMILES string of the molecule is CCOc1ccc(-n2c(SCc3ccccc3[N+](=O)[O-])nnc2-c2cccnc2)cc1. The fraction of sp³-hybridized carbons (Fsp3) is 0.136. The number of pyridine rings is 1. The lowest BCUT2D eigenvalue weighted by molar-refractivity contribution is -0.385. The third-order valence-electron chi connectivity index (χ3n) is 4.50. The highest BCUT2D eigenvalue weighted by atomic mass is 32.2. The predicted molar refractivity (Wildman–Crippen MR) is 118 cm³/mol. The normalized spacial score (nSPS) is 10.7. The minimum absolute atomic E-state index is 0.0922. The van der Waals surface area contributed by atoms with Crippen molar-refractivity contribution >= 4 is 17.4 Å². The van der Waals surface area contributed by atoms with Crippen LogP contribution in [0.3, 0.4) is 0 Å². The molecule has 0 fully saturated rings. The first-order chi connectivity index (χ1) is 15.2. The van der Waals surface area contributed by atoms with Gasteiger partial charge in [0.2, 0.25) is 0 Å². The monoisotopic (exact) mass is 433 g/mol. The highest BCUT2D eigenvalue weighted by molar-refractivity contribution is 7.98. The van der Waals surface area contributed by atoms with Crippen LogP contribution in [-0.2, 0) is 5.75 Å². The summed E-state index contributed by atoms with van der Waals surface area (Å²) in [6.07, 6.45) is 3.43. The average molecular weight is 433 g/mol. The zero-order valence-electron chi connectivity index (χ0n) is 16.7. The zero-order chi connectivity index (χ0) is 21.6. The maximum absolute atomic E-state index is 11.3. The van der Waals surface area contributed by atoms with Crippen molar-refractivity contribution in [3.63, 3.8) is 0 Å². The van der Waals surface area contributed by atoms with E-state index in [1.54, 1.807) is 30.6 Å². The zero-order valence-corrected chi connectivity index (χ0v) is 17.5. The van der Waals surface area contributed by atoms with Gasteiger partial charge in [0.1, 0.15) is 5.75 Å². The van der Waals surface area contributed by atoms with Gasteiger partial charge in [-0.15, -0.1) is 10.2 Å². The summed E-state index contributed by atoms with van der Waals surface area (Å²) in [4.78, 5) is 15.2. The van der Waals surface area contributed by atoms with E-state index in [0.717, 1.165) is 17.0 Å². The molecule has 4 aromatic rings. The van der Waals surface area contributed by atoms with Crippen LogP contribution in [0.25, 0.3) is 17.1 Å². The molecular weight excluding hydrogens is 414 g/mol. The number of nitro benzene ring substituents is 1. The molecule has 0 radical (unpaired) electrons. The fourth-order valence-corrected chi connectivity index (χ4v) is 4.04. The summed E-state index contributed by atoms with van der Waals surface area (Å²) in [6.45, 7) is 2.52. The lowest BCUT2D eigenvalue weighted by Gasteiger charge is -2.11. The molecule has 156 valence electrons. The van der Waals surface area contributed by atoms with Crippen LogP contribution in [0, 0.1) is 10.1 Å². The van der Waals surface area contributed by atoms with Gasteiger partial charge in [0.15, 0.2) is 11.0 Å². The van der Waals surface area contributed by atoms with E-state index < -0.39 is 0 Å². The van der Waals surface area contributed by atoms with Crippen molar-refractivity contribution in [3.05, 3.63) is 88.7 Å².